The van der Waals surface area contributed by atoms with Crippen LogP contribution in [-0.4, -0.2) is 0 Å². The minimum absolute atomic E-state index is 0.141. The fraction of sp³-hybridized carbons (Fsp3) is 0.0690. The molecule has 0 radical (unpaired) electrons. The molecular formula is C58H41NS. The van der Waals surface area contributed by atoms with E-state index in [9.17, 15) is 0 Å². The monoisotopic (exact) mass is 783 g/mol. The highest BCUT2D eigenvalue weighted by molar-refractivity contribution is 7.25. The highest BCUT2D eigenvalue weighted by atomic mass is 32.1. The van der Waals surface area contributed by atoms with Crippen LogP contribution < -0.4 is 4.90 Å². The van der Waals surface area contributed by atoms with Crippen LogP contribution in [0.3, 0.4) is 0 Å². The van der Waals surface area contributed by atoms with Gasteiger partial charge in [0.15, 0.2) is 0 Å². The van der Waals surface area contributed by atoms with Crippen molar-refractivity contribution in [3.63, 3.8) is 0 Å². The van der Waals surface area contributed by atoms with Gasteiger partial charge in [0.1, 0.15) is 0 Å². The second-order valence-electron chi connectivity index (χ2n) is 16.8. The maximum atomic E-state index is 2.51. The Kier molecular flexibility index (Phi) is 7.73. The zero-order valence-corrected chi connectivity index (χ0v) is 34.4. The molecule has 1 heterocycles. The average molecular weight is 784 g/mol. The number of fused-ring (bicyclic) bond motifs is 9. The molecule has 0 N–H and O–H groups in total. The number of nitrogens with zero attached hydrogens (tertiary/aromatic N) is 1. The van der Waals surface area contributed by atoms with Crippen LogP contribution >= 0.6 is 11.3 Å². The van der Waals surface area contributed by atoms with Gasteiger partial charge in [-0.3, -0.25) is 0 Å². The molecule has 60 heavy (non-hydrogen) atoms. The molecule has 0 unspecified atom stereocenters. The Labute approximate surface area is 355 Å². The van der Waals surface area contributed by atoms with Crippen LogP contribution in [0, 0.1) is 0 Å². The lowest BCUT2D eigenvalue weighted by molar-refractivity contribution is 0.660. The summed E-state index contributed by atoms with van der Waals surface area (Å²) in [4.78, 5) is 2.51. The fourth-order valence-corrected chi connectivity index (χ4v) is 11.7. The van der Waals surface area contributed by atoms with Crippen molar-refractivity contribution >= 4 is 48.6 Å². The molecule has 9 aromatic carbocycles. The first-order valence-corrected chi connectivity index (χ1v) is 21.7. The molecule has 1 aromatic heterocycles. The van der Waals surface area contributed by atoms with Crippen LogP contribution in [0.25, 0.3) is 53.6 Å². The second-order valence-corrected chi connectivity index (χ2v) is 17.9. The lowest BCUT2D eigenvalue weighted by Gasteiger charge is -2.35. The third-order valence-electron chi connectivity index (χ3n) is 13.3. The number of anilines is 3. The van der Waals surface area contributed by atoms with Gasteiger partial charge in [-0.15, -0.1) is 11.3 Å². The Morgan fingerprint density at radius 3 is 1.72 bits per heavy atom. The highest BCUT2D eigenvalue weighted by Crippen LogP contribution is 2.58. The molecule has 10 aromatic rings. The Morgan fingerprint density at radius 2 is 0.933 bits per heavy atom. The van der Waals surface area contributed by atoms with Crippen LogP contribution in [0.15, 0.2) is 212 Å². The second kappa shape index (κ2) is 13.3. The zero-order chi connectivity index (χ0) is 40.0. The van der Waals surface area contributed by atoms with Crippen molar-refractivity contribution in [3.05, 3.63) is 246 Å². The quantitative estimate of drug-likeness (QED) is 0.162. The van der Waals surface area contributed by atoms with E-state index in [0.29, 0.717) is 0 Å². The first-order valence-electron chi connectivity index (χ1n) is 20.9. The molecule has 0 fully saturated rings. The van der Waals surface area contributed by atoms with Crippen molar-refractivity contribution in [2.45, 2.75) is 24.7 Å². The number of rotatable bonds is 6. The molecule has 0 saturated heterocycles. The summed E-state index contributed by atoms with van der Waals surface area (Å²) in [5.74, 6) is 0. The van der Waals surface area contributed by atoms with Crippen molar-refractivity contribution in [2.75, 3.05) is 4.90 Å². The Bertz CT molecular complexity index is 3250. The van der Waals surface area contributed by atoms with Crippen LogP contribution in [0.4, 0.5) is 17.1 Å². The average Bonchev–Trinajstić information content (AvgIpc) is 3.90. The predicted octanol–water partition coefficient (Wildman–Crippen LogP) is 15.9. The summed E-state index contributed by atoms with van der Waals surface area (Å²) >= 11 is 1.87. The van der Waals surface area contributed by atoms with Crippen LogP contribution in [0.2, 0.25) is 0 Å². The van der Waals surface area contributed by atoms with E-state index in [4.69, 9.17) is 0 Å². The van der Waals surface area contributed by atoms with E-state index in [-0.39, 0.29) is 5.41 Å². The minimum Gasteiger partial charge on any atom is -0.310 e. The summed E-state index contributed by atoms with van der Waals surface area (Å²) < 4.78 is 2.61. The highest BCUT2D eigenvalue weighted by Gasteiger charge is 2.46. The molecule has 1 nitrogen and oxygen atoms in total. The fourth-order valence-electron chi connectivity index (χ4n) is 10.7. The van der Waals surface area contributed by atoms with Crippen molar-refractivity contribution < 1.29 is 0 Å². The Balaban J connectivity index is 1.14. The molecule has 0 amide bonds. The molecule has 0 spiro atoms. The summed E-state index contributed by atoms with van der Waals surface area (Å²) in [7, 11) is 0. The topological polar surface area (TPSA) is 3.24 Å². The van der Waals surface area contributed by atoms with Gasteiger partial charge >= 0.3 is 0 Å². The van der Waals surface area contributed by atoms with E-state index >= 15 is 0 Å². The standard InChI is InChI=1S/C58H41NS/c1-57(2)50-33-30-41(36-49(50)56-44(25-16-27-52(56)57)38-17-6-3-7-18-38)59(42-31-34-55-48(35-42)47-24-13-15-28-54(47)60-55)43-29-32-46-45-23-12-14-26-51(45)58(53(46)37-43,39-19-8-4-9-20-39)40-21-10-5-11-22-40/h3-37H,1-2H3. The van der Waals surface area contributed by atoms with Crippen molar-refractivity contribution in [1.29, 1.82) is 0 Å². The number of benzene rings is 9. The predicted molar refractivity (Wildman–Crippen MR) is 254 cm³/mol. The molecule has 0 saturated carbocycles. The summed E-state index contributed by atoms with van der Waals surface area (Å²) in [5, 5.41) is 2.58. The summed E-state index contributed by atoms with van der Waals surface area (Å²) in [6.45, 7) is 4.76. The van der Waals surface area contributed by atoms with Gasteiger partial charge in [0.2, 0.25) is 0 Å². The van der Waals surface area contributed by atoms with E-state index < -0.39 is 5.41 Å². The molecular weight excluding hydrogens is 743 g/mol. The van der Waals surface area contributed by atoms with E-state index in [1.165, 1.54) is 86.9 Å². The molecule has 0 bridgehead atoms. The van der Waals surface area contributed by atoms with Crippen molar-refractivity contribution in [1.82, 2.24) is 0 Å². The summed E-state index contributed by atoms with van der Waals surface area (Å²) in [6.07, 6.45) is 0. The molecule has 284 valence electrons. The zero-order valence-electron chi connectivity index (χ0n) is 33.6. The lowest BCUT2D eigenvalue weighted by atomic mass is 9.67. The minimum atomic E-state index is -0.505. The van der Waals surface area contributed by atoms with Gasteiger partial charge in [0, 0.05) is 42.6 Å². The van der Waals surface area contributed by atoms with E-state index in [0.717, 1.165) is 17.1 Å². The number of hydrogen-bond donors (Lipinski definition) is 0. The molecule has 2 heteroatoms. The van der Waals surface area contributed by atoms with E-state index in [1.807, 2.05) is 11.3 Å². The number of hydrogen-bond acceptors (Lipinski definition) is 2. The van der Waals surface area contributed by atoms with Gasteiger partial charge < -0.3 is 4.90 Å². The third kappa shape index (κ3) is 4.98. The van der Waals surface area contributed by atoms with Gasteiger partial charge in [0.05, 0.1) is 5.41 Å². The van der Waals surface area contributed by atoms with Gasteiger partial charge in [-0.1, -0.05) is 178 Å². The smallest absolute Gasteiger partial charge is 0.0714 e. The SMILES string of the molecule is CC1(C)c2ccc(N(c3ccc4c(c3)C(c3ccccc3)(c3ccccc3)c3ccccc3-4)c3ccc4sc5ccccc5c4c3)cc2-c2c(-c3ccccc3)cccc21. The Hall–Kier alpha value is -7.00. The normalized spacial score (nSPS) is 14.1. The Morgan fingerprint density at radius 1 is 0.367 bits per heavy atom. The molecule has 0 aliphatic heterocycles. The van der Waals surface area contributed by atoms with Gasteiger partial charge in [0.25, 0.3) is 0 Å². The lowest BCUT2D eigenvalue weighted by Crippen LogP contribution is -2.28. The van der Waals surface area contributed by atoms with Gasteiger partial charge in [-0.25, -0.2) is 0 Å². The first kappa shape index (κ1) is 35.0. The van der Waals surface area contributed by atoms with Gasteiger partial charge in [-0.05, 0) is 115 Å². The van der Waals surface area contributed by atoms with Crippen LogP contribution in [0.1, 0.15) is 47.2 Å². The molecule has 12 rings (SSSR count). The van der Waals surface area contributed by atoms with E-state index in [1.54, 1.807) is 0 Å². The maximum Gasteiger partial charge on any atom is 0.0714 e. The van der Waals surface area contributed by atoms with Crippen molar-refractivity contribution in [3.8, 4) is 33.4 Å². The summed E-state index contributed by atoms with van der Waals surface area (Å²) in [6, 6.07) is 79.3. The van der Waals surface area contributed by atoms with E-state index in [2.05, 4.69) is 231 Å². The van der Waals surface area contributed by atoms with Crippen LogP contribution in [-0.2, 0) is 10.8 Å². The first-order chi connectivity index (χ1) is 29.5. The third-order valence-corrected chi connectivity index (χ3v) is 14.5. The molecule has 2 aliphatic rings. The van der Waals surface area contributed by atoms with Crippen molar-refractivity contribution in [2.24, 2.45) is 0 Å². The van der Waals surface area contributed by atoms with Crippen LogP contribution in [0.5, 0.6) is 0 Å². The van der Waals surface area contributed by atoms with Gasteiger partial charge in [-0.2, -0.15) is 0 Å². The maximum absolute atomic E-state index is 2.51. The summed E-state index contributed by atoms with van der Waals surface area (Å²) in [5.41, 5.74) is 18.4. The molecule has 0 atom stereocenters. The number of thiophene rings is 1. The molecule has 2 aliphatic carbocycles. The largest absolute Gasteiger partial charge is 0.310 e.